The summed E-state index contributed by atoms with van der Waals surface area (Å²) < 4.78 is 11.1. The van der Waals surface area contributed by atoms with Gasteiger partial charge in [-0.2, -0.15) is 0 Å². The van der Waals surface area contributed by atoms with E-state index < -0.39 is 6.10 Å². The van der Waals surface area contributed by atoms with Gasteiger partial charge in [0.2, 0.25) is 0 Å². The molecule has 35 heavy (non-hydrogen) atoms. The molecule has 1 aliphatic rings. The highest BCUT2D eigenvalue weighted by Crippen LogP contribution is 2.44. The fourth-order valence-electron chi connectivity index (χ4n) is 5.50. The molecule has 1 aromatic carbocycles. The Morgan fingerprint density at radius 3 is 2.57 bits per heavy atom. The van der Waals surface area contributed by atoms with Gasteiger partial charge in [-0.3, -0.25) is 4.98 Å². The summed E-state index contributed by atoms with van der Waals surface area (Å²) in [6, 6.07) is 15.3. The molecular formula is C27H29N5O2S. The first kappa shape index (κ1) is 22.4. The lowest BCUT2D eigenvalue weighted by molar-refractivity contribution is 0.0553. The molecule has 7 nitrogen and oxygen atoms in total. The molecule has 8 heteroatoms. The zero-order valence-electron chi connectivity index (χ0n) is 20.2. The number of aromatic nitrogens is 5. The number of rotatable bonds is 5. The molecule has 1 N–H and O–H groups in total. The third-order valence-corrected chi connectivity index (χ3v) is 8.45. The van der Waals surface area contributed by atoms with Gasteiger partial charge in [0.25, 0.3) is 0 Å². The quantitative estimate of drug-likeness (QED) is 0.358. The number of benzene rings is 1. The number of aliphatic hydroxyl groups is 1. The standard InChI is InChI=1S/C27H29N5O2S/c1-16-25(31(3)30-29-16)20-13-21-24(28-15-20)27-22(14-23(35-27)17(2)33)32(21)26(18-7-5-4-6-8-18)19-9-11-34-12-10-19/h4-8,13-15,17,19,26,33H,9-12H2,1-3H3. The van der Waals surface area contributed by atoms with Crippen LogP contribution in [0.5, 0.6) is 0 Å². The highest BCUT2D eigenvalue weighted by molar-refractivity contribution is 7.20. The molecule has 0 spiro atoms. The van der Waals surface area contributed by atoms with E-state index in [9.17, 15) is 5.11 Å². The smallest absolute Gasteiger partial charge is 0.106 e. The van der Waals surface area contributed by atoms with Crippen molar-refractivity contribution in [1.82, 2.24) is 24.5 Å². The molecule has 5 aromatic rings. The molecule has 1 saturated heterocycles. The molecule has 1 aliphatic heterocycles. The first-order valence-corrected chi connectivity index (χ1v) is 13.0. The predicted octanol–water partition coefficient (Wildman–Crippen LogP) is 5.42. The number of pyridine rings is 1. The zero-order chi connectivity index (χ0) is 24.1. The lowest BCUT2D eigenvalue weighted by Gasteiger charge is -2.33. The molecule has 2 unspecified atom stereocenters. The Morgan fingerprint density at radius 2 is 1.89 bits per heavy atom. The zero-order valence-corrected chi connectivity index (χ0v) is 21.0. The van der Waals surface area contributed by atoms with Gasteiger partial charge in [0.05, 0.1) is 39.3 Å². The van der Waals surface area contributed by atoms with E-state index in [0.29, 0.717) is 5.92 Å². The van der Waals surface area contributed by atoms with Crippen LogP contribution in [0.15, 0.2) is 48.7 Å². The molecule has 0 bridgehead atoms. The van der Waals surface area contributed by atoms with Gasteiger partial charge in [0.1, 0.15) is 5.52 Å². The Hall–Kier alpha value is -3.07. The van der Waals surface area contributed by atoms with Crippen LogP contribution in [-0.2, 0) is 11.8 Å². The summed E-state index contributed by atoms with van der Waals surface area (Å²) in [5, 5.41) is 18.8. The summed E-state index contributed by atoms with van der Waals surface area (Å²) >= 11 is 1.64. The molecule has 2 atom stereocenters. The number of fused-ring (bicyclic) bond motifs is 3. The Morgan fingerprint density at radius 1 is 1.11 bits per heavy atom. The van der Waals surface area contributed by atoms with E-state index in [1.807, 2.05) is 31.8 Å². The van der Waals surface area contributed by atoms with E-state index in [1.54, 1.807) is 11.3 Å². The lowest BCUT2D eigenvalue weighted by atomic mass is 9.86. The molecule has 6 rings (SSSR count). The fourth-order valence-corrected chi connectivity index (χ4v) is 6.59. The van der Waals surface area contributed by atoms with E-state index in [2.05, 4.69) is 57.3 Å². The number of aliphatic hydroxyl groups excluding tert-OH is 1. The van der Waals surface area contributed by atoms with Crippen LogP contribution in [0.25, 0.3) is 32.5 Å². The van der Waals surface area contributed by atoms with Crippen LogP contribution < -0.4 is 0 Å². The average molecular weight is 488 g/mol. The van der Waals surface area contributed by atoms with Crippen molar-refractivity contribution in [2.45, 2.75) is 38.8 Å². The Labute approximate surface area is 208 Å². The summed E-state index contributed by atoms with van der Waals surface area (Å²) in [6.45, 7) is 5.37. The minimum Gasteiger partial charge on any atom is -0.388 e. The molecule has 0 radical (unpaired) electrons. The largest absolute Gasteiger partial charge is 0.388 e. The van der Waals surface area contributed by atoms with E-state index in [4.69, 9.17) is 9.72 Å². The van der Waals surface area contributed by atoms with Gasteiger partial charge in [0, 0.05) is 36.9 Å². The maximum absolute atomic E-state index is 10.4. The molecule has 0 amide bonds. The van der Waals surface area contributed by atoms with Crippen LogP contribution in [0.2, 0.25) is 0 Å². The molecular weight excluding hydrogens is 458 g/mol. The summed E-state index contributed by atoms with van der Waals surface area (Å²) in [5.74, 6) is 0.434. The van der Waals surface area contributed by atoms with Gasteiger partial charge in [-0.25, -0.2) is 4.68 Å². The Bertz CT molecular complexity index is 1480. The molecule has 0 saturated carbocycles. The van der Waals surface area contributed by atoms with Crippen molar-refractivity contribution in [3.63, 3.8) is 0 Å². The Kier molecular flexibility index (Phi) is 5.67. The average Bonchev–Trinajstić information content (AvgIpc) is 3.53. The third kappa shape index (κ3) is 3.76. The van der Waals surface area contributed by atoms with E-state index >= 15 is 0 Å². The van der Waals surface area contributed by atoms with Crippen LogP contribution in [0, 0.1) is 12.8 Å². The minimum atomic E-state index is -0.517. The van der Waals surface area contributed by atoms with Crippen molar-refractivity contribution in [3.05, 3.63) is 64.8 Å². The Balaban J connectivity index is 1.66. The van der Waals surface area contributed by atoms with Crippen molar-refractivity contribution in [3.8, 4) is 11.3 Å². The van der Waals surface area contributed by atoms with E-state index in [-0.39, 0.29) is 6.04 Å². The van der Waals surface area contributed by atoms with Gasteiger partial charge >= 0.3 is 0 Å². The summed E-state index contributed by atoms with van der Waals surface area (Å²) in [6.07, 6.45) is 3.42. The van der Waals surface area contributed by atoms with Crippen molar-refractivity contribution in [1.29, 1.82) is 0 Å². The van der Waals surface area contributed by atoms with Crippen molar-refractivity contribution >= 4 is 32.6 Å². The van der Waals surface area contributed by atoms with Crippen LogP contribution in [0.4, 0.5) is 0 Å². The number of thiophene rings is 1. The van der Waals surface area contributed by atoms with Crippen molar-refractivity contribution in [2.24, 2.45) is 13.0 Å². The number of nitrogens with zero attached hydrogens (tertiary/aromatic N) is 5. The highest BCUT2D eigenvalue weighted by atomic mass is 32.1. The summed E-state index contributed by atoms with van der Waals surface area (Å²) in [4.78, 5) is 5.94. The summed E-state index contributed by atoms with van der Waals surface area (Å²) in [7, 11) is 1.92. The maximum Gasteiger partial charge on any atom is 0.106 e. The highest BCUT2D eigenvalue weighted by Gasteiger charge is 2.31. The number of hydrogen-bond donors (Lipinski definition) is 1. The molecule has 0 aliphatic carbocycles. The van der Waals surface area contributed by atoms with E-state index in [1.165, 1.54) is 5.56 Å². The lowest BCUT2D eigenvalue weighted by Crippen LogP contribution is -2.26. The van der Waals surface area contributed by atoms with Gasteiger partial charge in [-0.15, -0.1) is 16.4 Å². The van der Waals surface area contributed by atoms with Crippen molar-refractivity contribution in [2.75, 3.05) is 13.2 Å². The second-order valence-corrected chi connectivity index (χ2v) is 10.5. The second-order valence-electron chi connectivity index (χ2n) is 9.45. The van der Waals surface area contributed by atoms with Crippen LogP contribution in [0.3, 0.4) is 0 Å². The van der Waals surface area contributed by atoms with E-state index in [0.717, 1.165) is 69.1 Å². The van der Waals surface area contributed by atoms with Crippen LogP contribution >= 0.6 is 11.3 Å². The number of hydrogen-bond acceptors (Lipinski definition) is 6. The number of aryl methyl sites for hydroxylation is 2. The van der Waals surface area contributed by atoms with Gasteiger partial charge in [-0.05, 0) is 50.3 Å². The molecule has 180 valence electrons. The monoisotopic (exact) mass is 487 g/mol. The number of ether oxygens (including phenoxy) is 1. The van der Waals surface area contributed by atoms with Gasteiger partial charge in [0.15, 0.2) is 0 Å². The SMILES string of the molecule is Cc1nnn(C)c1-c1cnc2c3sc(C(C)O)cc3n(C(c3ccccc3)C3CCOCC3)c2c1. The predicted molar refractivity (Wildman–Crippen MR) is 139 cm³/mol. The molecule has 1 fully saturated rings. The molecule has 5 heterocycles. The van der Waals surface area contributed by atoms with Gasteiger partial charge in [-0.1, -0.05) is 35.5 Å². The second kappa shape index (κ2) is 8.86. The normalized spacial score (nSPS) is 16.8. The molecule has 4 aromatic heterocycles. The van der Waals surface area contributed by atoms with Crippen LogP contribution in [-0.4, -0.2) is 42.9 Å². The maximum atomic E-state index is 10.4. The fraction of sp³-hybridized carbons (Fsp3) is 0.370. The van der Waals surface area contributed by atoms with Gasteiger partial charge < -0.3 is 14.4 Å². The minimum absolute atomic E-state index is 0.138. The topological polar surface area (TPSA) is 78.0 Å². The van der Waals surface area contributed by atoms with Crippen molar-refractivity contribution < 1.29 is 9.84 Å². The third-order valence-electron chi connectivity index (χ3n) is 7.15. The first-order chi connectivity index (χ1) is 17.0. The first-order valence-electron chi connectivity index (χ1n) is 12.1. The summed E-state index contributed by atoms with van der Waals surface area (Å²) in [5.41, 5.74) is 7.35. The van der Waals surface area contributed by atoms with Crippen LogP contribution in [0.1, 0.15) is 48.0 Å².